The first kappa shape index (κ1) is 15.5. The van der Waals surface area contributed by atoms with Crippen LogP contribution in [0, 0.1) is 0 Å². The Morgan fingerprint density at radius 3 is 2.64 bits per heavy atom. The van der Waals surface area contributed by atoms with Gasteiger partial charge in [-0.2, -0.15) is 0 Å². The van der Waals surface area contributed by atoms with Crippen LogP contribution in [0.1, 0.15) is 38.2 Å². The van der Waals surface area contributed by atoms with Crippen LogP contribution in [0.2, 0.25) is 0 Å². The van der Waals surface area contributed by atoms with Crippen LogP contribution in [0.3, 0.4) is 0 Å². The Morgan fingerprint density at radius 2 is 1.91 bits per heavy atom. The number of benzene rings is 1. The molecule has 0 atom stereocenters. The third kappa shape index (κ3) is 3.50. The van der Waals surface area contributed by atoms with E-state index in [4.69, 9.17) is 0 Å². The van der Waals surface area contributed by atoms with Crippen LogP contribution in [0.15, 0.2) is 29.1 Å². The average molecular weight is 316 g/mol. The van der Waals surface area contributed by atoms with Crippen LogP contribution in [-0.4, -0.2) is 29.1 Å². The number of nitrogens with zero attached hydrogens (tertiary/aromatic N) is 2. The Labute approximate surface area is 135 Å². The molecular formula is C18H24N2OS. The summed E-state index contributed by atoms with van der Waals surface area (Å²) in [5.74, 6) is 0. The summed E-state index contributed by atoms with van der Waals surface area (Å²) >= 11 is 1.36. The molecular weight excluding hydrogens is 292 g/mol. The van der Waals surface area contributed by atoms with Crippen molar-refractivity contribution in [3.63, 3.8) is 0 Å². The Bertz CT molecular complexity index is 705. The zero-order chi connectivity index (χ0) is 15.4. The van der Waals surface area contributed by atoms with E-state index in [-0.39, 0.29) is 4.87 Å². The van der Waals surface area contributed by atoms with Gasteiger partial charge in [-0.3, -0.25) is 9.36 Å². The van der Waals surface area contributed by atoms with E-state index >= 15 is 0 Å². The van der Waals surface area contributed by atoms with Crippen LogP contribution in [0.4, 0.5) is 0 Å². The molecule has 1 saturated heterocycles. The summed E-state index contributed by atoms with van der Waals surface area (Å²) in [4.78, 5) is 15.0. The normalized spacial score (nSPS) is 17.3. The highest BCUT2D eigenvalue weighted by Crippen LogP contribution is 2.20. The van der Waals surface area contributed by atoms with Crippen LogP contribution in [-0.2, 0) is 6.54 Å². The second kappa shape index (κ2) is 7.25. The van der Waals surface area contributed by atoms with Crippen molar-refractivity contribution in [3.8, 4) is 0 Å². The van der Waals surface area contributed by atoms with E-state index in [9.17, 15) is 4.79 Å². The molecule has 0 spiro atoms. The second-order valence-electron chi connectivity index (χ2n) is 6.00. The summed E-state index contributed by atoms with van der Waals surface area (Å²) in [6.07, 6.45) is 9.40. The molecule has 3 rings (SSSR count). The van der Waals surface area contributed by atoms with Crippen molar-refractivity contribution in [2.45, 2.75) is 39.2 Å². The monoisotopic (exact) mass is 316 g/mol. The standard InChI is InChI=1S/C18H24N2OS/c1-2-7-15-8-9-16-17(14-15)22-18(21)20(16)13-12-19-10-5-3-4-6-11-19/h2,7-9,14H,3-6,10-13H2,1H3/b7-2+. The smallest absolute Gasteiger partial charge is 0.302 e. The lowest BCUT2D eigenvalue weighted by Gasteiger charge is -2.19. The predicted molar refractivity (Wildman–Crippen MR) is 95.7 cm³/mol. The molecule has 0 bridgehead atoms. The minimum absolute atomic E-state index is 0.169. The summed E-state index contributed by atoms with van der Waals surface area (Å²) in [7, 11) is 0. The topological polar surface area (TPSA) is 25.2 Å². The Morgan fingerprint density at radius 1 is 1.14 bits per heavy atom. The fraction of sp³-hybridized carbons (Fsp3) is 0.500. The van der Waals surface area contributed by atoms with E-state index in [0.717, 1.165) is 28.9 Å². The molecule has 0 aliphatic carbocycles. The fourth-order valence-corrected chi connectivity index (χ4v) is 4.16. The first-order valence-corrected chi connectivity index (χ1v) is 9.08. The van der Waals surface area contributed by atoms with E-state index in [1.165, 1.54) is 50.1 Å². The largest absolute Gasteiger partial charge is 0.308 e. The Kier molecular flexibility index (Phi) is 5.11. The number of hydrogen-bond donors (Lipinski definition) is 0. The third-order valence-corrected chi connectivity index (χ3v) is 5.33. The van der Waals surface area contributed by atoms with Crippen molar-refractivity contribution in [2.75, 3.05) is 19.6 Å². The van der Waals surface area contributed by atoms with Crippen molar-refractivity contribution in [2.24, 2.45) is 0 Å². The average Bonchev–Trinajstić information content (AvgIpc) is 2.68. The van der Waals surface area contributed by atoms with E-state index in [1.807, 2.05) is 17.6 Å². The highest BCUT2D eigenvalue weighted by Gasteiger charge is 2.12. The van der Waals surface area contributed by atoms with E-state index < -0.39 is 0 Å². The molecule has 2 heterocycles. The molecule has 1 aliphatic rings. The molecule has 1 aromatic carbocycles. The number of thiazole rings is 1. The van der Waals surface area contributed by atoms with Crippen molar-refractivity contribution in [1.29, 1.82) is 0 Å². The molecule has 118 valence electrons. The molecule has 1 aromatic heterocycles. The minimum Gasteiger partial charge on any atom is -0.302 e. The molecule has 0 unspecified atom stereocenters. The van der Waals surface area contributed by atoms with Crippen LogP contribution >= 0.6 is 11.3 Å². The van der Waals surface area contributed by atoms with Crippen LogP contribution in [0.25, 0.3) is 16.3 Å². The zero-order valence-corrected chi connectivity index (χ0v) is 14.1. The summed E-state index contributed by atoms with van der Waals surface area (Å²) in [6, 6.07) is 6.30. The number of rotatable bonds is 4. The molecule has 4 heteroatoms. The molecule has 0 radical (unpaired) electrons. The predicted octanol–water partition coefficient (Wildman–Crippen LogP) is 3.97. The van der Waals surface area contributed by atoms with Crippen LogP contribution < -0.4 is 4.87 Å². The van der Waals surface area contributed by atoms with Gasteiger partial charge in [0.1, 0.15) is 0 Å². The summed E-state index contributed by atoms with van der Waals surface area (Å²) in [6.45, 7) is 6.17. The van der Waals surface area contributed by atoms with Gasteiger partial charge in [0.25, 0.3) is 0 Å². The lowest BCUT2D eigenvalue weighted by atomic mass is 10.2. The van der Waals surface area contributed by atoms with Crippen molar-refractivity contribution >= 4 is 27.6 Å². The maximum absolute atomic E-state index is 12.3. The highest BCUT2D eigenvalue weighted by atomic mass is 32.1. The van der Waals surface area contributed by atoms with Gasteiger partial charge in [0.2, 0.25) is 0 Å². The van der Waals surface area contributed by atoms with Crippen LogP contribution in [0.5, 0.6) is 0 Å². The molecule has 0 saturated carbocycles. The van der Waals surface area contributed by atoms with Gasteiger partial charge < -0.3 is 4.90 Å². The van der Waals surface area contributed by atoms with Crippen molar-refractivity contribution < 1.29 is 0 Å². The minimum atomic E-state index is 0.169. The third-order valence-electron chi connectivity index (χ3n) is 4.39. The van der Waals surface area contributed by atoms with E-state index in [2.05, 4.69) is 29.2 Å². The molecule has 1 fully saturated rings. The summed E-state index contributed by atoms with van der Waals surface area (Å²) < 4.78 is 3.04. The quantitative estimate of drug-likeness (QED) is 0.852. The summed E-state index contributed by atoms with van der Waals surface area (Å²) in [5, 5.41) is 0. The number of hydrogen-bond acceptors (Lipinski definition) is 3. The number of fused-ring (bicyclic) bond motifs is 1. The van der Waals surface area contributed by atoms with Gasteiger partial charge in [-0.1, -0.05) is 42.4 Å². The first-order valence-electron chi connectivity index (χ1n) is 8.26. The molecule has 0 N–H and O–H groups in total. The summed E-state index contributed by atoms with van der Waals surface area (Å²) in [5.41, 5.74) is 2.24. The maximum atomic E-state index is 12.3. The van der Waals surface area contributed by atoms with E-state index in [0.29, 0.717) is 0 Å². The fourth-order valence-electron chi connectivity index (χ4n) is 3.19. The molecule has 2 aromatic rings. The van der Waals surface area contributed by atoms with E-state index in [1.54, 1.807) is 0 Å². The second-order valence-corrected chi connectivity index (χ2v) is 7.00. The first-order chi connectivity index (χ1) is 10.8. The van der Waals surface area contributed by atoms with Gasteiger partial charge in [-0.25, -0.2) is 0 Å². The van der Waals surface area contributed by atoms with Gasteiger partial charge in [-0.05, 0) is 50.6 Å². The number of aromatic nitrogens is 1. The number of allylic oxidation sites excluding steroid dienone is 1. The molecule has 1 aliphatic heterocycles. The Hall–Kier alpha value is -1.39. The zero-order valence-electron chi connectivity index (χ0n) is 13.3. The highest BCUT2D eigenvalue weighted by molar-refractivity contribution is 7.16. The maximum Gasteiger partial charge on any atom is 0.308 e. The lowest BCUT2D eigenvalue weighted by molar-refractivity contribution is 0.274. The molecule has 22 heavy (non-hydrogen) atoms. The SMILES string of the molecule is C/C=C/c1ccc2c(c1)sc(=O)n2CCN1CCCCCC1. The molecule has 0 amide bonds. The van der Waals surface area contributed by atoms with Gasteiger partial charge >= 0.3 is 4.87 Å². The molecule has 3 nitrogen and oxygen atoms in total. The lowest BCUT2D eigenvalue weighted by Crippen LogP contribution is -2.30. The van der Waals surface area contributed by atoms with Crippen molar-refractivity contribution in [1.82, 2.24) is 9.47 Å². The number of likely N-dealkylation sites (tertiary alicyclic amines) is 1. The van der Waals surface area contributed by atoms with Gasteiger partial charge in [0, 0.05) is 13.1 Å². The van der Waals surface area contributed by atoms with Crippen molar-refractivity contribution in [3.05, 3.63) is 39.5 Å². The van der Waals surface area contributed by atoms with Gasteiger partial charge in [-0.15, -0.1) is 0 Å². The Balaban J connectivity index is 1.78. The van der Waals surface area contributed by atoms with Gasteiger partial charge in [0.15, 0.2) is 0 Å². The van der Waals surface area contributed by atoms with Gasteiger partial charge in [0.05, 0.1) is 10.2 Å².